The topological polar surface area (TPSA) is 84.2 Å². The van der Waals surface area contributed by atoms with Gasteiger partial charge in [0, 0.05) is 17.9 Å². The first-order chi connectivity index (χ1) is 13.1. The molecule has 0 fully saturated rings. The van der Waals surface area contributed by atoms with Crippen LogP contribution in [0.25, 0.3) is 0 Å². The van der Waals surface area contributed by atoms with Crippen LogP contribution in [0.3, 0.4) is 0 Å². The standard InChI is InChI=1S/C20H21N5O2/c1-3-15-10-12-16(13-11-15)23-19-18(25(26)27)20(22-14-21-19)24(4-2)17-8-6-5-7-9-17/h5-14H,3-4H2,1-2H3,(H,21,22,23). The van der Waals surface area contributed by atoms with E-state index in [4.69, 9.17) is 0 Å². The quantitative estimate of drug-likeness (QED) is 0.477. The van der Waals surface area contributed by atoms with E-state index in [0.717, 1.165) is 17.8 Å². The second-order valence-electron chi connectivity index (χ2n) is 5.91. The summed E-state index contributed by atoms with van der Waals surface area (Å²) in [7, 11) is 0. The van der Waals surface area contributed by atoms with E-state index in [9.17, 15) is 10.1 Å². The number of hydrogen-bond donors (Lipinski definition) is 1. The van der Waals surface area contributed by atoms with Gasteiger partial charge in [-0.25, -0.2) is 9.97 Å². The molecule has 7 heteroatoms. The molecule has 0 saturated heterocycles. The van der Waals surface area contributed by atoms with Crippen LogP contribution in [-0.2, 0) is 6.42 Å². The third-order valence-electron chi connectivity index (χ3n) is 4.25. The Morgan fingerprint density at radius 3 is 2.33 bits per heavy atom. The molecule has 0 saturated carbocycles. The number of rotatable bonds is 7. The SMILES string of the molecule is CCc1ccc(Nc2ncnc(N(CC)c3ccccc3)c2[N+](=O)[O-])cc1. The molecule has 1 heterocycles. The average molecular weight is 363 g/mol. The summed E-state index contributed by atoms with van der Waals surface area (Å²) in [6.45, 7) is 4.54. The second kappa shape index (κ2) is 8.27. The maximum absolute atomic E-state index is 11.8. The molecule has 27 heavy (non-hydrogen) atoms. The molecule has 7 nitrogen and oxygen atoms in total. The highest BCUT2D eigenvalue weighted by Gasteiger charge is 2.27. The lowest BCUT2D eigenvalue weighted by atomic mass is 10.1. The number of nitrogens with zero attached hydrogens (tertiary/aromatic N) is 4. The van der Waals surface area contributed by atoms with E-state index in [1.807, 2.05) is 61.5 Å². The zero-order valence-electron chi connectivity index (χ0n) is 15.3. The first-order valence-corrected chi connectivity index (χ1v) is 8.82. The molecule has 3 aromatic rings. The van der Waals surface area contributed by atoms with E-state index >= 15 is 0 Å². The van der Waals surface area contributed by atoms with Crippen molar-refractivity contribution < 1.29 is 4.92 Å². The number of para-hydroxylation sites is 1. The zero-order chi connectivity index (χ0) is 19.2. The minimum atomic E-state index is -0.441. The molecular formula is C20H21N5O2. The molecule has 0 aliphatic rings. The normalized spacial score (nSPS) is 10.4. The number of aryl methyl sites for hydroxylation is 1. The van der Waals surface area contributed by atoms with Crippen molar-refractivity contribution >= 4 is 28.7 Å². The number of nitrogens with one attached hydrogen (secondary N) is 1. The molecule has 0 spiro atoms. The molecule has 1 N–H and O–H groups in total. The summed E-state index contributed by atoms with van der Waals surface area (Å²) in [5.41, 5.74) is 2.62. The third-order valence-corrected chi connectivity index (χ3v) is 4.25. The average Bonchev–Trinajstić information content (AvgIpc) is 2.70. The van der Waals surface area contributed by atoms with Crippen LogP contribution >= 0.6 is 0 Å². The summed E-state index contributed by atoms with van der Waals surface area (Å²) >= 11 is 0. The minimum Gasteiger partial charge on any atom is -0.334 e. The first kappa shape index (κ1) is 18.3. The van der Waals surface area contributed by atoms with Gasteiger partial charge in [0.1, 0.15) is 6.33 Å². The van der Waals surface area contributed by atoms with E-state index in [1.165, 1.54) is 11.9 Å². The van der Waals surface area contributed by atoms with E-state index in [1.54, 1.807) is 4.90 Å². The lowest BCUT2D eigenvalue weighted by Gasteiger charge is -2.22. The van der Waals surface area contributed by atoms with E-state index < -0.39 is 4.92 Å². The Balaban J connectivity index is 2.02. The van der Waals surface area contributed by atoms with Crippen molar-refractivity contribution in [1.82, 2.24) is 9.97 Å². The lowest BCUT2D eigenvalue weighted by Crippen LogP contribution is -2.19. The molecule has 0 bridgehead atoms. The van der Waals surface area contributed by atoms with Crippen molar-refractivity contribution in [3.05, 3.63) is 76.6 Å². The van der Waals surface area contributed by atoms with E-state index in [0.29, 0.717) is 6.54 Å². The van der Waals surface area contributed by atoms with Gasteiger partial charge >= 0.3 is 5.69 Å². The Kier molecular flexibility index (Phi) is 5.61. The predicted molar refractivity (Wildman–Crippen MR) is 107 cm³/mol. The lowest BCUT2D eigenvalue weighted by molar-refractivity contribution is -0.383. The molecule has 0 aliphatic carbocycles. The summed E-state index contributed by atoms with van der Waals surface area (Å²) in [5, 5.41) is 14.9. The van der Waals surface area contributed by atoms with Gasteiger partial charge in [0.15, 0.2) is 0 Å². The second-order valence-corrected chi connectivity index (χ2v) is 5.91. The summed E-state index contributed by atoms with van der Waals surface area (Å²) in [5.74, 6) is 0.431. The fourth-order valence-corrected chi connectivity index (χ4v) is 2.85. The van der Waals surface area contributed by atoms with Gasteiger partial charge in [0.2, 0.25) is 11.6 Å². The molecule has 0 aliphatic heterocycles. The Morgan fingerprint density at radius 1 is 1.04 bits per heavy atom. The Hall–Kier alpha value is -3.48. The van der Waals surface area contributed by atoms with Gasteiger partial charge in [-0.2, -0.15) is 0 Å². The van der Waals surface area contributed by atoms with Crippen LogP contribution in [0.4, 0.5) is 28.7 Å². The first-order valence-electron chi connectivity index (χ1n) is 8.82. The summed E-state index contributed by atoms with van der Waals surface area (Å²) in [6, 6.07) is 17.2. The number of nitro groups is 1. The highest BCUT2D eigenvalue weighted by atomic mass is 16.6. The van der Waals surface area contributed by atoms with Crippen LogP contribution in [-0.4, -0.2) is 21.4 Å². The van der Waals surface area contributed by atoms with Crippen LogP contribution in [0.15, 0.2) is 60.9 Å². The van der Waals surface area contributed by atoms with Gasteiger partial charge in [-0.1, -0.05) is 37.3 Å². The van der Waals surface area contributed by atoms with Gasteiger partial charge < -0.3 is 10.2 Å². The highest BCUT2D eigenvalue weighted by molar-refractivity contribution is 5.78. The van der Waals surface area contributed by atoms with Crippen molar-refractivity contribution in [3.63, 3.8) is 0 Å². The molecule has 138 valence electrons. The van der Waals surface area contributed by atoms with Gasteiger partial charge in [0.05, 0.1) is 4.92 Å². The Bertz CT molecular complexity index is 913. The van der Waals surface area contributed by atoms with Crippen molar-refractivity contribution in [2.45, 2.75) is 20.3 Å². The van der Waals surface area contributed by atoms with Crippen LogP contribution < -0.4 is 10.2 Å². The Labute approximate surface area is 157 Å². The predicted octanol–water partition coefficient (Wildman–Crippen LogP) is 4.85. The summed E-state index contributed by atoms with van der Waals surface area (Å²) < 4.78 is 0. The number of aromatic nitrogens is 2. The van der Waals surface area contributed by atoms with Crippen molar-refractivity contribution in [3.8, 4) is 0 Å². The molecule has 1 aromatic heterocycles. The van der Waals surface area contributed by atoms with Gasteiger partial charge in [-0.3, -0.25) is 10.1 Å². The van der Waals surface area contributed by atoms with Crippen molar-refractivity contribution in [1.29, 1.82) is 0 Å². The monoisotopic (exact) mass is 363 g/mol. The maximum atomic E-state index is 11.8. The maximum Gasteiger partial charge on any atom is 0.354 e. The van der Waals surface area contributed by atoms with Crippen LogP contribution in [0.1, 0.15) is 19.4 Å². The van der Waals surface area contributed by atoms with E-state index in [2.05, 4.69) is 22.2 Å². The van der Waals surface area contributed by atoms with Gasteiger partial charge in [0.25, 0.3) is 0 Å². The fraction of sp³-hybridized carbons (Fsp3) is 0.200. The molecule has 0 atom stereocenters. The highest BCUT2D eigenvalue weighted by Crippen LogP contribution is 2.36. The van der Waals surface area contributed by atoms with Crippen molar-refractivity contribution in [2.75, 3.05) is 16.8 Å². The molecule has 3 rings (SSSR count). The van der Waals surface area contributed by atoms with Gasteiger partial charge in [-0.15, -0.1) is 0 Å². The minimum absolute atomic E-state index is 0.150. The zero-order valence-corrected chi connectivity index (χ0v) is 15.3. The third kappa shape index (κ3) is 4.03. The summed E-state index contributed by atoms with van der Waals surface area (Å²) in [6.07, 6.45) is 2.28. The molecule has 0 radical (unpaired) electrons. The fourth-order valence-electron chi connectivity index (χ4n) is 2.85. The molecular weight excluding hydrogens is 342 g/mol. The number of hydrogen-bond acceptors (Lipinski definition) is 6. The molecule has 0 unspecified atom stereocenters. The van der Waals surface area contributed by atoms with Crippen LogP contribution in [0.2, 0.25) is 0 Å². The largest absolute Gasteiger partial charge is 0.354 e. The molecule has 2 aromatic carbocycles. The van der Waals surface area contributed by atoms with Crippen molar-refractivity contribution in [2.24, 2.45) is 0 Å². The molecule has 0 amide bonds. The number of anilines is 4. The Morgan fingerprint density at radius 2 is 1.74 bits per heavy atom. The van der Waals surface area contributed by atoms with Crippen LogP contribution in [0, 0.1) is 10.1 Å². The van der Waals surface area contributed by atoms with Crippen LogP contribution in [0.5, 0.6) is 0 Å². The number of benzene rings is 2. The van der Waals surface area contributed by atoms with E-state index in [-0.39, 0.29) is 17.3 Å². The van der Waals surface area contributed by atoms with Gasteiger partial charge in [-0.05, 0) is 43.2 Å². The smallest absolute Gasteiger partial charge is 0.334 e. The summed E-state index contributed by atoms with van der Waals surface area (Å²) in [4.78, 5) is 21.5.